The molecule has 0 bridgehead atoms. The molecule has 0 aliphatic rings. The van der Waals surface area contributed by atoms with Crippen LogP contribution in [0.2, 0.25) is 0 Å². The molecule has 0 fully saturated rings. The van der Waals surface area contributed by atoms with Crippen LogP contribution in [0.1, 0.15) is 5.56 Å². The van der Waals surface area contributed by atoms with Gasteiger partial charge in [-0.1, -0.05) is 48.5 Å². The topological polar surface area (TPSA) is 24.9 Å². The summed E-state index contributed by atoms with van der Waals surface area (Å²) in [5.41, 5.74) is 3.74. The highest BCUT2D eigenvalue weighted by molar-refractivity contribution is 5.96. The number of fused-ring (bicyclic) bond motifs is 1. The number of pyridine rings is 1. The first-order valence-corrected chi connectivity index (χ1v) is 6.46. The molecule has 0 spiro atoms. The summed E-state index contributed by atoms with van der Waals surface area (Å²) in [4.78, 5) is 4.37. The van der Waals surface area contributed by atoms with E-state index in [1.807, 2.05) is 25.5 Å². The molecule has 1 aromatic heterocycles. The highest BCUT2D eigenvalue weighted by atomic mass is 14.8. The van der Waals surface area contributed by atoms with E-state index in [0.29, 0.717) is 0 Å². The lowest BCUT2D eigenvalue weighted by molar-refractivity contribution is 0.819. The van der Waals surface area contributed by atoms with E-state index in [2.05, 4.69) is 52.8 Å². The molecule has 1 N–H and O–H groups in total. The number of hydrogen-bond donors (Lipinski definition) is 1. The van der Waals surface area contributed by atoms with Gasteiger partial charge in [0.2, 0.25) is 0 Å². The van der Waals surface area contributed by atoms with Crippen LogP contribution in [0.25, 0.3) is 21.9 Å². The summed E-state index contributed by atoms with van der Waals surface area (Å²) >= 11 is 0. The molecule has 1 heterocycles. The summed E-state index contributed by atoms with van der Waals surface area (Å²) < 4.78 is 0. The molecule has 0 atom stereocenters. The van der Waals surface area contributed by atoms with E-state index in [0.717, 1.165) is 6.54 Å². The van der Waals surface area contributed by atoms with Gasteiger partial charge < -0.3 is 5.32 Å². The molecule has 2 nitrogen and oxygen atoms in total. The molecule has 0 saturated heterocycles. The molecule has 0 radical (unpaired) electrons. The van der Waals surface area contributed by atoms with Crippen LogP contribution in [0.5, 0.6) is 0 Å². The van der Waals surface area contributed by atoms with Crippen molar-refractivity contribution in [2.24, 2.45) is 0 Å². The Morgan fingerprint density at radius 1 is 0.895 bits per heavy atom. The van der Waals surface area contributed by atoms with Crippen LogP contribution in [-0.4, -0.2) is 12.0 Å². The van der Waals surface area contributed by atoms with Gasteiger partial charge in [-0.3, -0.25) is 4.98 Å². The van der Waals surface area contributed by atoms with E-state index in [9.17, 15) is 0 Å². The Morgan fingerprint density at radius 3 is 2.58 bits per heavy atom. The van der Waals surface area contributed by atoms with Crippen molar-refractivity contribution in [3.63, 3.8) is 0 Å². The highest BCUT2D eigenvalue weighted by Gasteiger charge is 2.07. The summed E-state index contributed by atoms with van der Waals surface area (Å²) in [5, 5.41) is 5.65. The Balaban J connectivity index is 2.25. The molecule has 3 rings (SSSR count). The maximum atomic E-state index is 4.37. The molecule has 0 saturated carbocycles. The maximum Gasteiger partial charge on any atom is 0.0352 e. The number of aromatic nitrogens is 1. The summed E-state index contributed by atoms with van der Waals surface area (Å²) in [5.74, 6) is 0. The molecule has 2 aromatic carbocycles. The molecule has 94 valence electrons. The van der Waals surface area contributed by atoms with Gasteiger partial charge in [-0.05, 0) is 23.6 Å². The second-order valence-electron chi connectivity index (χ2n) is 4.60. The van der Waals surface area contributed by atoms with Crippen molar-refractivity contribution >= 4 is 10.8 Å². The third-order valence-electron chi connectivity index (χ3n) is 3.34. The van der Waals surface area contributed by atoms with Crippen LogP contribution in [0, 0.1) is 0 Å². The molecular formula is C17H16N2. The van der Waals surface area contributed by atoms with Crippen molar-refractivity contribution in [2.75, 3.05) is 7.05 Å². The van der Waals surface area contributed by atoms with E-state index in [4.69, 9.17) is 0 Å². The third kappa shape index (κ3) is 2.23. The number of rotatable bonds is 3. The first-order chi connectivity index (χ1) is 9.40. The predicted molar refractivity (Wildman–Crippen MR) is 79.9 cm³/mol. The summed E-state index contributed by atoms with van der Waals surface area (Å²) in [6.45, 7) is 0.861. The van der Waals surface area contributed by atoms with Crippen LogP contribution < -0.4 is 5.32 Å². The van der Waals surface area contributed by atoms with Crippen molar-refractivity contribution in [2.45, 2.75) is 6.54 Å². The predicted octanol–water partition coefficient (Wildman–Crippen LogP) is 3.62. The monoisotopic (exact) mass is 248 g/mol. The fraction of sp³-hybridized carbons (Fsp3) is 0.118. The minimum absolute atomic E-state index is 0.861. The van der Waals surface area contributed by atoms with Gasteiger partial charge in [0.25, 0.3) is 0 Å². The fourth-order valence-electron chi connectivity index (χ4n) is 2.46. The SMILES string of the molecule is CNCc1ccccc1-c1cncc2ccccc12. The van der Waals surface area contributed by atoms with Gasteiger partial charge in [0, 0.05) is 29.9 Å². The van der Waals surface area contributed by atoms with E-state index < -0.39 is 0 Å². The molecule has 0 unspecified atom stereocenters. The maximum absolute atomic E-state index is 4.37. The summed E-state index contributed by atoms with van der Waals surface area (Å²) in [7, 11) is 1.97. The van der Waals surface area contributed by atoms with Gasteiger partial charge in [-0.25, -0.2) is 0 Å². The number of nitrogens with one attached hydrogen (secondary N) is 1. The lowest BCUT2D eigenvalue weighted by atomic mass is 9.97. The van der Waals surface area contributed by atoms with Crippen LogP contribution in [-0.2, 0) is 6.54 Å². The van der Waals surface area contributed by atoms with Gasteiger partial charge in [0.15, 0.2) is 0 Å². The zero-order valence-electron chi connectivity index (χ0n) is 10.9. The molecule has 0 amide bonds. The fourth-order valence-corrected chi connectivity index (χ4v) is 2.46. The van der Waals surface area contributed by atoms with E-state index in [1.165, 1.54) is 27.5 Å². The Kier molecular flexibility index (Phi) is 3.25. The first kappa shape index (κ1) is 11.9. The number of benzene rings is 2. The van der Waals surface area contributed by atoms with E-state index in [-0.39, 0.29) is 0 Å². The van der Waals surface area contributed by atoms with Gasteiger partial charge in [-0.2, -0.15) is 0 Å². The highest BCUT2D eigenvalue weighted by Crippen LogP contribution is 2.29. The van der Waals surface area contributed by atoms with Crippen molar-refractivity contribution in [1.29, 1.82) is 0 Å². The summed E-state index contributed by atoms with van der Waals surface area (Å²) in [6, 6.07) is 16.9. The number of nitrogens with zero attached hydrogens (tertiary/aromatic N) is 1. The lowest BCUT2D eigenvalue weighted by Gasteiger charge is -2.11. The average molecular weight is 248 g/mol. The molecule has 19 heavy (non-hydrogen) atoms. The first-order valence-electron chi connectivity index (χ1n) is 6.46. The van der Waals surface area contributed by atoms with Crippen molar-refractivity contribution < 1.29 is 0 Å². The Morgan fingerprint density at radius 2 is 1.68 bits per heavy atom. The molecular weight excluding hydrogens is 232 g/mol. The van der Waals surface area contributed by atoms with E-state index >= 15 is 0 Å². The Labute approximate surface area is 113 Å². The molecule has 2 heteroatoms. The normalized spacial score (nSPS) is 10.8. The van der Waals surface area contributed by atoms with Crippen LogP contribution in [0.4, 0.5) is 0 Å². The molecule has 0 aliphatic heterocycles. The van der Waals surface area contributed by atoms with Gasteiger partial charge in [-0.15, -0.1) is 0 Å². The minimum Gasteiger partial charge on any atom is -0.316 e. The van der Waals surface area contributed by atoms with Crippen LogP contribution in [0.3, 0.4) is 0 Å². The zero-order chi connectivity index (χ0) is 13.1. The molecule has 0 aliphatic carbocycles. The quantitative estimate of drug-likeness (QED) is 0.765. The van der Waals surface area contributed by atoms with Crippen LogP contribution >= 0.6 is 0 Å². The second kappa shape index (κ2) is 5.21. The standard InChI is InChI=1S/C17H16N2/c1-18-10-13-6-2-4-8-15(13)17-12-19-11-14-7-3-5-9-16(14)17/h2-9,11-12,18H,10H2,1H3. The average Bonchev–Trinajstić information content (AvgIpc) is 2.48. The Hall–Kier alpha value is -2.19. The van der Waals surface area contributed by atoms with Crippen molar-refractivity contribution in [3.05, 3.63) is 66.5 Å². The number of hydrogen-bond acceptors (Lipinski definition) is 2. The molecule has 3 aromatic rings. The van der Waals surface area contributed by atoms with Gasteiger partial charge >= 0.3 is 0 Å². The van der Waals surface area contributed by atoms with Gasteiger partial charge in [0.1, 0.15) is 0 Å². The lowest BCUT2D eigenvalue weighted by Crippen LogP contribution is -2.06. The summed E-state index contributed by atoms with van der Waals surface area (Å²) in [6.07, 6.45) is 3.87. The Bertz CT molecular complexity index is 699. The van der Waals surface area contributed by atoms with Crippen molar-refractivity contribution in [3.8, 4) is 11.1 Å². The van der Waals surface area contributed by atoms with Crippen molar-refractivity contribution in [1.82, 2.24) is 10.3 Å². The van der Waals surface area contributed by atoms with Crippen LogP contribution in [0.15, 0.2) is 60.9 Å². The van der Waals surface area contributed by atoms with E-state index in [1.54, 1.807) is 0 Å². The smallest absolute Gasteiger partial charge is 0.0352 e. The zero-order valence-corrected chi connectivity index (χ0v) is 10.9. The second-order valence-corrected chi connectivity index (χ2v) is 4.60. The van der Waals surface area contributed by atoms with Gasteiger partial charge in [0.05, 0.1) is 0 Å². The third-order valence-corrected chi connectivity index (χ3v) is 3.34. The minimum atomic E-state index is 0.861. The largest absolute Gasteiger partial charge is 0.316 e.